The summed E-state index contributed by atoms with van der Waals surface area (Å²) in [4.78, 5) is 13.2. The third kappa shape index (κ3) is 5.35. The molecule has 1 aliphatic carbocycles. The number of rotatable bonds is 7. The normalized spacial score (nSPS) is 34.3. The van der Waals surface area contributed by atoms with Crippen molar-refractivity contribution < 1.29 is 28.5 Å². The summed E-state index contributed by atoms with van der Waals surface area (Å²) < 4.78 is 31.7. The van der Waals surface area contributed by atoms with Gasteiger partial charge in [-0.15, -0.1) is 11.3 Å². The zero-order valence-corrected chi connectivity index (χ0v) is 20.8. The average Bonchev–Trinajstić information content (AvgIpc) is 3.55. The minimum atomic E-state index is -0.209. The Morgan fingerprint density at radius 1 is 1.03 bits per heavy atom. The molecule has 1 aromatic heterocycles. The summed E-state index contributed by atoms with van der Waals surface area (Å²) in [7, 11) is 0. The van der Waals surface area contributed by atoms with Gasteiger partial charge in [0.25, 0.3) is 0 Å². The van der Waals surface area contributed by atoms with E-state index in [1.807, 2.05) is 0 Å². The van der Waals surface area contributed by atoms with Crippen LogP contribution in [0.25, 0.3) is 10.1 Å². The number of hydrogen-bond acceptors (Lipinski definition) is 7. The van der Waals surface area contributed by atoms with E-state index >= 15 is 0 Å². The number of esters is 1. The molecule has 0 radical (unpaired) electrons. The molecule has 0 amide bonds. The Kier molecular flexibility index (Phi) is 7.21. The van der Waals surface area contributed by atoms with Crippen LogP contribution in [0.15, 0.2) is 42.5 Å². The zero-order chi connectivity index (χ0) is 23.6. The molecule has 7 atom stereocenters. The first-order valence-electron chi connectivity index (χ1n) is 13.1. The van der Waals surface area contributed by atoms with Crippen LogP contribution in [-0.4, -0.2) is 44.0 Å². The first kappa shape index (κ1) is 23.6. The number of benzene rings is 1. The molecule has 7 heteroatoms. The van der Waals surface area contributed by atoms with Crippen molar-refractivity contribution in [1.82, 2.24) is 0 Å². The van der Waals surface area contributed by atoms with Gasteiger partial charge in [0, 0.05) is 41.0 Å². The summed E-state index contributed by atoms with van der Waals surface area (Å²) in [6.45, 7) is 1.50. The molecule has 0 N–H and O–H groups in total. The molecule has 6 nitrogen and oxygen atoms in total. The van der Waals surface area contributed by atoms with E-state index in [0.29, 0.717) is 6.42 Å². The Morgan fingerprint density at radius 2 is 1.83 bits per heavy atom. The molecule has 35 heavy (non-hydrogen) atoms. The molecule has 1 aromatic carbocycles. The summed E-state index contributed by atoms with van der Waals surface area (Å²) >= 11 is 1.76. The predicted octanol–water partition coefficient (Wildman–Crippen LogP) is 5.91. The fraction of sp³-hybridized carbons (Fsp3) is 0.607. The molecule has 2 aromatic rings. The second-order valence-corrected chi connectivity index (χ2v) is 11.2. The Morgan fingerprint density at radius 3 is 2.60 bits per heavy atom. The van der Waals surface area contributed by atoms with Crippen LogP contribution in [0.1, 0.15) is 62.3 Å². The van der Waals surface area contributed by atoms with Crippen molar-refractivity contribution in [2.45, 2.75) is 82.3 Å². The van der Waals surface area contributed by atoms with E-state index in [1.54, 1.807) is 11.3 Å². The molecular formula is C28H34O6S. The van der Waals surface area contributed by atoms with E-state index in [0.717, 1.165) is 63.0 Å². The maximum absolute atomic E-state index is 12.1. The van der Waals surface area contributed by atoms with Crippen molar-refractivity contribution in [2.24, 2.45) is 11.8 Å². The molecule has 1 saturated carbocycles. The van der Waals surface area contributed by atoms with Crippen molar-refractivity contribution in [3.8, 4) is 0 Å². The number of carbonyl (C=O) groups is 1. The summed E-state index contributed by atoms with van der Waals surface area (Å²) in [6.07, 6.45) is 11.2. The van der Waals surface area contributed by atoms with Crippen LogP contribution in [0.3, 0.4) is 0 Å². The van der Waals surface area contributed by atoms with Crippen LogP contribution >= 0.6 is 11.3 Å². The van der Waals surface area contributed by atoms with E-state index in [1.165, 1.54) is 10.1 Å². The number of hydrogen-bond donors (Lipinski definition) is 0. The van der Waals surface area contributed by atoms with Crippen molar-refractivity contribution >= 4 is 27.4 Å². The van der Waals surface area contributed by atoms with E-state index in [2.05, 4.69) is 42.5 Å². The Hall–Kier alpha value is -1.77. The van der Waals surface area contributed by atoms with Crippen LogP contribution in [0, 0.1) is 11.8 Å². The third-order valence-corrected chi connectivity index (χ3v) is 8.86. The summed E-state index contributed by atoms with van der Waals surface area (Å²) in [5.74, 6) is 0.129. The van der Waals surface area contributed by atoms with Gasteiger partial charge >= 0.3 is 5.97 Å². The maximum atomic E-state index is 12.1. The molecule has 4 aliphatic rings. The minimum absolute atomic E-state index is 0.0218. The Balaban J connectivity index is 1.25. The number of thiophene rings is 1. The smallest absolute Gasteiger partial charge is 0.306 e. The van der Waals surface area contributed by atoms with Crippen LogP contribution in [0.4, 0.5) is 0 Å². The largest absolute Gasteiger partial charge is 0.462 e. The quantitative estimate of drug-likeness (QED) is 0.350. The summed E-state index contributed by atoms with van der Waals surface area (Å²) in [5.41, 5.74) is 0. The third-order valence-electron chi connectivity index (χ3n) is 7.68. The van der Waals surface area contributed by atoms with Crippen LogP contribution in [0.2, 0.25) is 0 Å². The lowest BCUT2D eigenvalue weighted by Crippen LogP contribution is -2.31. The van der Waals surface area contributed by atoms with E-state index < -0.39 is 0 Å². The minimum Gasteiger partial charge on any atom is -0.462 e. The van der Waals surface area contributed by atoms with Gasteiger partial charge in [-0.2, -0.15) is 0 Å². The highest BCUT2D eigenvalue weighted by molar-refractivity contribution is 7.19. The van der Waals surface area contributed by atoms with E-state index in [4.69, 9.17) is 23.7 Å². The van der Waals surface area contributed by atoms with Crippen molar-refractivity contribution in [3.05, 3.63) is 47.4 Å². The maximum Gasteiger partial charge on any atom is 0.306 e. The zero-order valence-electron chi connectivity index (χ0n) is 20.0. The monoisotopic (exact) mass is 498 g/mol. The molecule has 4 heterocycles. The molecule has 0 spiro atoms. The highest BCUT2D eigenvalue weighted by Gasteiger charge is 2.50. The van der Waals surface area contributed by atoms with Crippen molar-refractivity contribution in [1.29, 1.82) is 0 Å². The summed E-state index contributed by atoms with van der Waals surface area (Å²) in [6, 6.07) is 10.7. The second-order valence-electron chi connectivity index (χ2n) is 10.1. The lowest BCUT2D eigenvalue weighted by molar-refractivity contribution is -0.194. The first-order valence-corrected chi connectivity index (χ1v) is 13.9. The number of fused-ring (bicyclic) bond motifs is 2. The summed E-state index contributed by atoms with van der Waals surface area (Å²) in [5, 5.41) is 1.23. The van der Waals surface area contributed by atoms with Crippen LogP contribution < -0.4 is 0 Å². The fourth-order valence-electron chi connectivity index (χ4n) is 5.88. The molecule has 4 fully saturated rings. The predicted molar refractivity (Wildman–Crippen MR) is 133 cm³/mol. The Labute approximate surface area is 210 Å². The molecule has 2 unspecified atom stereocenters. The SMILES string of the molecule is O=C1C[C@@H]2[C@@H](/C=C/[C@@H](OC3CCCCO3)c3cc4ccccc4s3)[C@H](OC3CCCCO3)C[C@@H]2O1. The molecule has 6 rings (SSSR count). The highest BCUT2D eigenvalue weighted by Crippen LogP contribution is 2.45. The van der Waals surface area contributed by atoms with Crippen LogP contribution in [0.5, 0.6) is 0 Å². The van der Waals surface area contributed by atoms with E-state index in [-0.39, 0.29) is 48.7 Å². The Bertz CT molecular complexity index is 1000. The van der Waals surface area contributed by atoms with Gasteiger partial charge in [0.15, 0.2) is 12.6 Å². The van der Waals surface area contributed by atoms with Gasteiger partial charge in [-0.3, -0.25) is 4.79 Å². The van der Waals surface area contributed by atoms with Gasteiger partial charge in [-0.1, -0.05) is 30.4 Å². The van der Waals surface area contributed by atoms with Crippen LogP contribution in [-0.2, 0) is 28.5 Å². The van der Waals surface area contributed by atoms with Gasteiger partial charge in [-0.25, -0.2) is 0 Å². The first-order chi connectivity index (χ1) is 17.2. The number of ether oxygens (including phenoxy) is 5. The molecular weight excluding hydrogens is 464 g/mol. The second kappa shape index (κ2) is 10.7. The standard InChI is InChI=1S/C28H34O6S/c29-26-16-20-19(22(17-23(20)32-26)34-28-10-4-6-14-31-28)11-12-21(33-27-9-3-5-13-30-27)25-15-18-7-1-2-8-24(18)35-25/h1-2,7-8,11-12,15,19-23,27-28H,3-6,9-10,13-14,16-17H2/b12-11+/t19-,20-,21-,22-,23+,27?,28?/m1/s1. The molecule has 0 bridgehead atoms. The van der Waals surface area contributed by atoms with Gasteiger partial charge in [0.1, 0.15) is 12.2 Å². The lowest BCUT2D eigenvalue weighted by Gasteiger charge is -2.29. The van der Waals surface area contributed by atoms with Gasteiger partial charge in [0.2, 0.25) is 0 Å². The van der Waals surface area contributed by atoms with E-state index in [9.17, 15) is 4.79 Å². The highest BCUT2D eigenvalue weighted by atomic mass is 32.1. The van der Waals surface area contributed by atoms with Gasteiger partial charge < -0.3 is 23.7 Å². The number of carbonyl (C=O) groups excluding carboxylic acids is 1. The van der Waals surface area contributed by atoms with Crippen molar-refractivity contribution in [3.63, 3.8) is 0 Å². The van der Waals surface area contributed by atoms with Gasteiger partial charge in [-0.05, 0) is 56.0 Å². The average molecular weight is 499 g/mol. The fourth-order valence-corrected chi connectivity index (χ4v) is 6.97. The molecule has 188 valence electrons. The van der Waals surface area contributed by atoms with Gasteiger partial charge in [0.05, 0.1) is 12.5 Å². The molecule has 3 saturated heterocycles. The van der Waals surface area contributed by atoms with Crippen molar-refractivity contribution in [2.75, 3.05) is 13.2 Å². The topological polar surface area (TPSA) is 63.2 Å². The lowest BCUT2D eigenvalue weighted by atomic mass is 9.91. The molecule has 3 aliphatic heterocycles.